The first-order chi connectivity index (χ1) is 18.8. The Morgan fingerprint density at radius 2 is 1.34 bits per heavy atom. The third kappa shape index (κ3) is 5.15. The summed E-state index contributed by atoms with van der Waals surface area (Å²) in [6.45, 7) is 4.88. The molecular weight excluding hydrogens is 476 g/mol. The quantitative estimate of drug-likeness (QED) is 0.396. The van der Waals surface area contributed by atoms with Crippen molar-refractivity contribution in [1.29, 1.82) is 0 Å². The molecule has 0 spiro atoms. The van der Waals surface area contributed by atoms with Gasteiger partial charge in [0.1, 0.15) is 12.7 Å². The summed E-state index contributed by atoms with van der Waals surface area (Å²) in [6, 6.07) is 25.4. The topological polar surface area (TPSA) is 83.3 Å². The average Bonchev–Trinajstić information content (AvgIpc) is 3.54. The summed E-state index contributed by atoms with van der Waals surface area (Å²) in [5.74, 6) is 1.84. The van der Waals surface area contributed by atoms with Crippen molar-refractivity contribution in [3.05, 3.63) is 96.6 Å². The van der Waals surface area contributed by atoms with E-state index in [4.69, 9.17) is 0 Å². The normalized spacial score (nSPS) is 17.2. The lowest BCUT2D eigenvalue weighted by molar-refractivity contribution is -0.138. The van der Waals surface area contributed by atoms with Crippen LogP contribution in [-0.2, 0) is 4.79 Å². The molecule has 0 saturated carbocycles. The van der Waals surface area contributed by atoms with Crippen molar-refractivity contribution in [2.45, 2.75) is 18.9 Å². The molecule has 2 aromatic carbocycles. The summed E-state index contributed by atoms with van der Waals surface area (Å²) in [4.78, 5) is 24.2. The van der Waals surface area contributed by atoms with Crippen molar-refractivity contribution in [1.82, 2.24) is 34.8 Å². The molecule has 2 fully saturated rings. The minimum atomic E-state index is 0.0687. The highest BCUT2D eigenvalue weighted by Crippen LogP contribution is 2.30. The molecule has 0 aliphatic carbocycles. The molecule has 9 heteroatoms. The number of nitrogens with zero attached hydrogens (tertiary/aromatic N) is 8. The van der Waals surface area contributed by atoms with Crippen LogP contribution in [0, 0.1) is 5.92 Å². The van der Waals surface area contributed by atoms with Crippen molar-refractivity contribution in [2.75, 3.05) is 44.2 Å². The predicted molar refractivity (Wildman–Crippen MR) is 145 cm³/mol. The monoisotopic (exact) mass is 508 g/mol. The number of aromatic nitrogens is 5. The number of benzene rings is 2. The van der Waals surface area contributed by atoms with Crippen molar-refractivity contribution >= 4 is 11.7 Å². The number of piperazine rings is 1. The molecule has 2 aromatic heterocycles. The third-order valence-electron chi connectivity index (χ3n) is 7.68. The number of hydrogen-bond donors (Lipinski definition) is 0. The van der Waals surface area contributed by atoms with Gasteiger partial charge in [0.2, 0.25) is 5.91 Å². The van der Waals surface area contributed by atoms with E-state index in [1.54, 1.807) is 11.0 Å². The largest absolute Gasteiger partial charge is 0.355 e. The molecule has 0 bridgehead atoms. The summed E-state index contributed by atoms with van der Waals surface area (Å²) >= 11 is 0. The van der Waals surface area contributed by atoms with Crippen LogP contribution in [0.15, 0.2) is 85.5 Å². The van der Waals surface area contributed by atoms with Crippen molar-refractivity contribution in [3.63, 3.8) is 0 Å². The second kappa shape index (κ2) is 11.1. The van der Waals surface area contributed by atoms with Gasteiger partial charge in [-0.25, -0.2) is 9.67 Å². The fourth-order valence-electron chi connectivity index (χ4n) is 5.63. The van der Waals surface area contributed by atoms with Crippen LogP contribution in [0.2, 0.25) is 0 Å². The van der Waals surface area contributed by atoms with E-state index in [2.05, 4.69) is 95.6 Å². The van der Waals surface area contributed by atoms with Gasteiger partial charge in [0, 0.05) is 45.2 Å². The molecule has 9 nitrogen and oxygen atoms in total. The zero-order chi connectivity index (χ0) is 25.7. The van der Waals surface area contributed by atoms with E-state index < -0.39 is 0 Å². The minimum Gasteiger partial charge on any atom is -0.355 e. The average molecular weight is 509 g/mol. The number of carbonyl (C=O) groups is 1. The summed E-state index contributed by atoms with van der Waals surface area (Å²) < 4.78 is 1.59. The Morgan fingerprint density at radius 3 is 1.89 bits per heavy atom. The lowest BCUT2D eigenvalue weighted by Crippen LogP contribution is -2.52. The van der Waals surface area contributed by atoms with Gasteiger partial charge in [-0.3, -0.25) is 9.69 Å². The summed E-state index contributed by atoms with van der Waals surface area (Å²) in [5, 5.41) is 12.7. The maximum absolute atomic E-state index is 13.4. The van der Waals surface area contributed by atoms with Gasteiger partial charge < -0.3 is 9.80 Å². The highest BCUT2D eigenvalue weighted by molar-refractivity contribution is 5.79. The van der Waals surface area contributed by atoms with Gasteiger partial charge in [-0.2, -0.15) is 5.10 Å². The van der Waals surface area contributed by atoms with Crippen molar-refractivity contribution < 1.29 is 4.79 Å². The Morgan fingerprint density at radius 1 is 0.737 bits per heavy atom. The minimum absolute atomic E-state index is 0.0687. The molecule has 1 amide bonds. The molecule has 4 heterocycles. The molecule has 194 valence electrons. The van der Waals surface area contributed by atoms with Crippen LogP contribution in [-0.4, -0.2) is 79.9 Å². The SMILES string of the molecule is O=C(C1CCN(c2ccc(-n3cncn3)nn2)CC1)N1CCN(C(c2ccccc2)c2ccccc2)CC1. The molecule has 4 aromatic rings. The summed E-state index contributed by atoms with van der Waals surface area (Å²) in [6.07, 6.45) is 4.75. The Kier molecular flexibility index (Phi) is 7.08. The van der Waals surface area contributed by atoms with Gasteiger partial charge >= 0.3 is 0 Å². The zero-order valence-corrected chi connectivity index (χ0v) is 21.4. The highest BCUT2D eigenvalue weighted by Gasteiger charge is 2.33. The van der Waals surface area contributed by atoms with Gasteiger partial charge in [0.05, 0.1) is 6.04 Å². The first-order valence-electron chi connectivity index (χ1n) is 13.3. The summed E-state index contributed by atoms with van der Waals surface area (Å²) in [7, 11) is 0. The van der Waals surface area contributed by atoms with E-state index in [0.29, 0.717) is 11.7 Å². The van der Waals surface area contributed by atoms with Gasteiger partial charge in [0.25, 0.3) is 0 Å². The number of amides is 1. The van der Waals surface area contributed by atoms with Gasteiger partial charge in [-0.05, 0) is 36.1 Å². The Balaban J connectivity index is 1.04. The Bertz CT molecular complexity index is 1260. The van der Waals surface area contributed by atoms with Crippen molar-refractivity contribution in [3.8, 4) is 5.82 Å². The van der Waals surface area contributed by atoms with Crippen molar-refractivity contribution in [2.24, 2.45) is 5.92 Å². The first-order valence-corrected chi connectivity index (χ1v) is 13.3. The first kappa shape index (κ1) is 24.2. The Labute approximate surface area is 222 Å². The molecule has 2 saturated heterocycles. The smallest absolute Gasteiger partial charge is 0.225 e. The number of hydrogen-bond acceptors (Lipinski definition) is 7. The van der Waals surface area contributed by atoms with Crippen LogP contribution in [0.4, 0.5) is 5.82 Å². The molecule has 6 rings (SSSR count). The molecule has 0 atom stereocenters. The predicted octanol–water partition coefficient (Wildman–Crippen LogP) is 3.21. The Hall–Kier alpha value is -4.11. The highest BCUT2D eigenvalue weighted by atomic mass is 16.2. The number of carbonyl (C=O) groups excluding carboxylic acids is 1. The second-order valence-corrected chi connectivity index (χ2v) is 9.94. The fourth-order valence-corrected chi connectivity index (χ4v) is 5.63. The standard InChI is InChI=1S/C29H32N8O/c38-29(25-13-15-34(16-14-25)26-11-12-27(33-32-26)37-22-30-21-31-37)36-19-17-35(18-20-36)28(23-7-3-1-4-8-23)24-9-5-2-6-10-24/h1-12,21-22,25,28H,13-20H2. The molecule has 0 N–H and O–H groups in total. The number of piperidine rings is 1. The van der Waals surface area contributed by atoms with Crippen LogP contribution >= 0.6 is 0 Å². The van der Waals surface area contributed by atoms with E-state index in [-0.39, 0.29) is 12.0 Å². The maximum Gasteiger partial charge on any atom is 0.225 e. The number of anilines is 1. The van der Waals surface area contributed by atoms with E-state index in [1.165, 1.54) is 17.5 Å². The molecule has 0 unspecified atom stereocenters. The fraction of sp³-hybridized carbons (Fsp3) is 0.345. The van der Waals surface area contributed by atoms with E-state index in [9.17, 15) is 4.79 Å². The third-order valence-corrected chi connectivity index (χ3v) is 7.68. The van der Waals surface area contributed by atoms with Crippen LogP contribution < -0.4 is 4.90 Å². The second-order valence-electron chi connectivity index (χ2n) is 9.94. The molecule has 2 aliphatic heterocycles. The van der Waals surface area contributed by atoms with Crippen LogP contribution in [0.1, 0.15) is 30.0 Å². The molecule has 38 heavy (non-hydrogen) atoms. The summed E-state index contributed by atoms with van der Waals surface area (Å²) in [5.41, 5.74) is 2.59. The maximum atomic E-state index is 13.4. The lowest BCUT2D eigenvalue weighted by Gasteiger charge is -2.41. The zero-order valence-electron chi connectivity index (χ0n) is 21.4. The van der Waals surface area contributed by atoms with Crippen LogP contribution in [0.25, 0.3) is 5.82 Å². The lowest BCUT2D eigenvalue weighted by atomic mass is 9.94. The van der Waals surface area contributed by atoms with Gasteiger partial charge in [0.15, 0.2) is 11.6 Å². The molecule has 2 aliphatic rings. The number of rotatable bonds is 6. The van der Waals surface area contributed by atoms with Gasteiger partial charge in [-0.1, -0.05) is 60.7 Å². The van der Waals surface area contributed by atoms with Crippen LogP contribution in [0.5, 0.6) is 0 Å². The van der Waals surface area contributed by atoms with E-state index >= 15 is 0 Å². The van der Waals surface area contributed by atoms with E-state index in [0.717, 1.165) is 57.9 Å². The molecule has 0 radical (unpaired) electrons. The molecular formula is C29H32N8O. The van der Waals surface area contributed by atoms with E-state index in [1.807, 2.05) is 12.1 Å². The van der Waals surface area contributed by atoms with Gasteiger partial charge in [-0.15, -0.1) is 10.2 Å². The van der Waals surface area contributed by atoms with Crippen LogP contribution in [0.3, 0.4) is 0 Å².